The molecule has 0 aromatic heterocycles. The van der Waals surface area contributed by atoms with Gasteiger partial charge in [-0.25, -0.2) is 0 Å². The maximum absolute atomic E-state index is 5.66. The van der Waals surface area contributed by atoms with Crippen LogP contribution in [0.3, 0.4) is 0 Å². The average molecular weight is 152 g/mol. The van der Waals surface area contributed by atoms with Crippen molar-refractivity contribution in [2.45, 2.75) is 18.6 Å². The van der Waals surface area contributed by atoms with Crippen molar-refractivity contribution in [1.29, 1.82) is 0 Å². The molecule has 11 heavy (non-hydrogen) atoms. The van der Waals surface area contributed by atoms with Crippen molar-refractivity contribution in [1.82, 2.24) is 0 Å². The van der Waals surface area contributed by atoms with E-state index in [0.29, 0.717) is 5.92 Å². The van der Waals surface area contributed by atoms with Gasteiger partial charge >= 0.3 is 0 Å². The SMILES string of the molecule is C1=C[C@H]2C[C@@H]1CC21OCCO1. The van der Waals surface area contributed by atoms with E-state index < -0.39 is 0 Å². The van der Waals surface area contributed by atoms with Gasteiger partial charge in [-0.15, -0.1) is 0 Å². The van der Waals surface area contributed by atoms with E-state index in [0.717, 1.165) is 25.6 Å². The Morgan fingerprint density at radius 3 is 2.55 bits per heavy atom. The van der Waals surface area contributed by atoms with Crippen LogP contribution in [0, 0.1) is 11.8 Å². The van der Waals surface area contributed by atoms with E-state index in [4.69, 9.17) is 9.47 Å². The third kappa shape index (κ3) is 0.690. The molecular weight excluding hydrogens is 140 g/mol. The Hall–Kier alpha value is -0.340. The minimum Gasteiger partial charge on any atom is -0.347 e. The molecule has 2 aliphatic carbocycles. The second kappa shape index (κ2) is 1.87. The highest BCUT2D eigenvalue weighted by Gasteiger charge is 2.52. The van der Waals surface area contributed by atoms with Gasteiger partial charge in [0.25, 0.3) is 0 Å². The van der Waals surface area contributed by atoms with Gasteiger partial charge in [0.2, 0.25) is 0 Å². The molecule has 1 saturated heterocycles. The second-order valence-electron chi connectivity index (χ2n) is 3.70. The Kier molecular flexibility index (Phi) is 1.06. The van der Waals surface area contributed by atoms with Gasteiger partial charge < -0.3 is 9.47 Å². The summed E-state index contributed by atoms with van der Waals surface area (Å²) in [6.07, 6.45) is 6.91. The highest BCUT2D eigenvalue weighted by molar-refractivity contribution is 5.15. The Balaban J connectivity index is 1.94. The monoisotopic (exact) mass is 152 g/mol. The molecule has 0 amide bonds. The third-order valence-corrected chi connectivity index (χ3v) is 3.06. The predicted octanol–water partition coefficient (Wildman–Crippen LogP) is 1.33. The van der Waals surface area contributed by atoms with Crippen molar-refractivity contribution in [3.63, 3.8) is 0 Å². The molecule has 2 nitrogen and oxygen atoms in total. The third-order valence-electron chi connectivity index (χ3n) is 3.06. The number of hydrogen-bond acceptors (Lipinski definition) is 2. The fourth-order valence-corrected chi connectivity index (χ4v) is 2.57. The zero-order valence-electron chi connectivity index (χ0n) is 6.45. The van der Waals surface area contributed by atoms with E-state index in [-0.39, 0.29) is 5.79 Å². The molecule has 1 spiro atoms. The van der Waals surface area contributed by atoms with Crippen LogP contribution in [-0.2, 0) is 9.47 Å². The molecular formula is C9H12O2. The Labute approximate surface area is 66.2 Å². The molecule has 2 atom stereocenters. The molecule has 60 valence electrons. The van der Waals surface area contributed by atoms with Crippen LogP contribution in [-0.4, -0.2) is 19.0 Å². The lowest BCUT2D eigenvalue weighted by molar-refractivity contribution is -0.173. The molecule has 0 unspecified atom stereocenters. The summed E-state index contributed by atoms with van der Waals surface area (Å²) in [5.74, 6) is 1.10. The van der Waals surface area contributed by atoms with Crippen LogP contribution in [0.5, 0.6) is 0 Å². The molecule has 1 heterocycles. The van der Waals surface area contributed by atoms with E-state index in [2.05, 4.69) is 12.2 Å². The zero-order chi connectivity index (χ0) is 7.31. The first kappa shape index (κ1) is 6.21. The van der Waals surface area contributed by atoms with Crippen LogP contribution in [0.1, 0.15) is 12.8 Å². The topological polar surface area (TPSA) is 18.5 Å². The van der Waals surface area contributed by atoms with Gasteiger partial charge in [-0.05, 0) is 12.3 Å². The van der Waals surface area contributed by atoms with E-state index in [1.54, 1.807) is 0 Å². The van der Waals surface area contributed by atoms with Crippen LogP contribution in [0.25, 0.3) is 0 Å². The fourth-order valence-electron chi connectivity index (χ4n) is 2.57. The first-order valence-corrected chi connectivity index (χ1v) is 4.35. The van der Waals surface area contributed by atoms with E-state index in [1.807, 2.05) is 0 Å². The van der Waals surface area contributed by atoms with Crippen molar-refractivity contribution >= 4 is 0 Å². The summed E-state index contributed by atoms with van der Waals surface area (Å²) in [5.41, 5.74) is 0. The summed E-state index contributed by atoms with van der Waals surface area (Å²) in [7, 11) is 0. The molecule has 3 aliphatic rings. The number of rotatable bonds is 0. The summed E-state index contributed by atoms with van der Waals surface area (Å²) in [6, 6.07) is 0. The predicted molar refractivity (Wildman–Crippen MR) is 40.0 cm³/mol. The number of allylic oxidation sites excluding steroid dienone is 1. The van der Waals surface area contributed by atoms with Crippen molar-refractivity contribution < 1.29 is 9.47 Å². The van der Waals surface area contributed by atoms with Crippen LogP contribution in [0.15, 0.2) is 12.2 Å². The molecule has 2 fully saturated rings. The smallest absolute Gasteiger partial charge is 0.175 e. The molecule has 2 bridgehead atoms. The van der Waals surface area contributed by atoms with Gasteiger partial charge in [0.15, 0.2) is 5.79 Å². The Morgan fingerprint density at radius 1 is 1.18 bits per heavy atom. The minimum atomic E-state index is -0.181. The van der Waals surface area contributed by atoms with Crippen molar-refractivity contribution in [3.05, 3.63) is 12.2 Å². The largest absolute Gasteiger partial charge is 0.347 e. The van der Waals surface area contributed by atoms with Crippen LogP contribution in [0.4, 0.5) is 0 Å². The van der Waals surface area contributed by atoms with Gasteiger partial charge in [-0.1, -0.05) is 12.2 Å². The molecule has 2 heteroatoms. The lowest BCUT2D eigenvalue weighted by Crippen LogP contribution is -2.34. The van der Waals surface area contributed by atoms with Gasteiger partial charge in [-0.3, -0.25) is 0 Å². The summed E-state index contributed by atoms with van der Waals surface area (Å²) < 4.78 is 11.3. The van der Waals surface area contributed by atoms with E-state index >= 15 is 0 Å². The van der Waals surface area contributed by atoms with Gasteiger partial charge in [-0.2, -0.15) is 0 Å². The van der Waals surface area contributed by atoms with Gasteiger partial charge in [0.05, 0.1) is 13.2 Å². The molecule has 1 aliphatic heterocycles. The summed E-state index contributed by atoms with van der Waals surface area (Å²) in [4.78, 5) is 0. The quantitative estimate of drug-likeness (QED) is 0.487. The molecule has 3 rings (SSSR count). The lowest BCUT2D eigenvalue weighted by Gasteiger charge is -2.28. The van der Waals surface area contributed by atoms with Crippen LogP contribution in [0.2, 0.25) is 0 Å². The Morgan fingerprint density at radius 2 is 2.00 bits per heavy atom. The number of hydrogen-bond donors (Lipinski definition) is 0. The van der Waals surface area contributed by atoms with Crippen molar-refractivity contribution in [2.75, 3.05) is 13.2 Å². The van der Waals surface area contributed by atoms with E-state index in [1.165, 1.54) is 6.42 Å². The van der Waals surface area contributed by atoms with E-state index in [9.17, 15) is 0 Å². The van der Waals surface area contributed by atoms with Crippen molar-refractivity contribution in [3.8, 4) is 0 Å². The van der Waals surface area contributed by atoms with Crippen molar-refractivity contribution in [2.24, 2.45) is 11.8 Å². The second-order valence-corrected chi connectivity index (χ2v) is 3.70. The highest BCUT2D eigenvalue weighted by atomic mass is 16.7. The zero-order valence-corrected chi connectivity index (χ0v) is 6.45. The first-order valence-electron chi connectivity index (χ1n) is 4.35. The normalized spacial score (nSPS) is 44.4. The molecule has 1 saturated carbocycles. The lowest BCUT2D eigenvalue weighted by atomic mass is 10.0. The van der Waals surface area contributed by atoms with Gasteiger partial charge in [0.1, 0.15) is 0 Å². The average Bonchev–Trinajstić information content (AvgIpc) is 2.64. The highest BCUT2D eigenvalue weighted by Crippen LogP contribution is 2.50. The van der Waals surface area contributed by atoms with Gasteiger partial charge in [0, 0.05) is 12.3 Å². The molecule has 0 radical (unpaired) electrons. The fraction of sp³-hybridized carbons (Fsp3) is 0.778. The summed E-state index contributed by atoms with van der Waals surface area (Å²) in [6.45, 7) is 1.58. The molecule has 0 aromatic rings. The minimum absolute atomic E-state index is 0.181. The maximum Gasteiger partial charge on any atom is 0.175 e. The maximum atomic E-state index is 5.66. The number of ether oxygens (including phenoxy) is 2. The van der Waals surface area contributed by atoms with Crippen LogP contribution >= 0.6 is 0 Å². The standard InChI is InChI=1S/C9H12O2/c1-2-8-5-7(1)6-9(8)10-3-4-11-9/h1-2,7-8H,3-6H2/t7-,8+/m1/s1. The first-order chi connectivity index (χ1) is 5.39. The summed E-state index contributed by atoms with van der Waals surface area (Å²) in [5, 5.41) is 0. The molecule has 0 N–H and O–H groups in total. The molecule has 0 aromatic carbocycles. The Bertz CT molecular complexity index is 204. The number of fused-ring (bicyclic) bond motifs is 3. The van der Waals surface area contributed by atoms with Crippen LogP contribution < -0.4 is 0 Å². The summed E-state index contributed by atoms with van der Waals surface area (Å²) >= 11 is 0.